The van der Waals surface area contributed by atoms with Crippen molar-refractivity contribution in [1.29, 1.82) is 0 Å². The Kier molecular flexibility index (Phi) is 7.84. The van der Waals surface area contributed by atoms with Gasteiger partial charge in [-0.25, -0.2) is 10.2 Å². The molecule has 0 bridgehead atoms. The van der Waals surface area contributed by atoms with Crippen LogP contribution in [0, 0.1) is 0 Å². The predicted octanol–water partition coefficient (Wildman–Crippen LogP) is 6.24. The van der Waals surface area contributed by atoms with E-state index in [1.54, 1.807) is 37.3 Å². The zero-order chi connectivity index (χ0) is 26.9. The van der Waals surface area contributed by atoms with Crippen LogP contribution in [-0.2, 0) is 4.74 Å². The van der Waals surface area contributed by atoms with Gasteiger partial charge in [0.05, 0.1) is 18.4 Å². The normalized spacial score (nSPS) is 10.8. The molecule has 0 radical (unpaired) electrons. The largest absolute Gasteiger partial charge is 0.462 e. The standard InChI is InChI=1S/C29H25N7O3/c1-2-38-26(37)21-15-13-20(14-16-21)25-18-17-24(39-25)19-30-36-29-34-27(31-22-9-5-3-6-10-22)33-28(35-29)32-23-11-7-4-8-12-23/h3-19H,2H2,1H3,(H3,31,32,33,34,35,36)/b30-19+. The van der Waals surface area contributed by atoms with E-state index in [0.717, 1.165) is 16.9 Å². The molecule has 0 fully saturated rings. The van der Waals surface area contributed by atoms with Gasteiger partial charge < -0.3 is 19.8 Å². The topological polar surface area (TPSA) is 127 Å². The third kappa shape index (κ3) is 6.83. The van der Waals surface area contributed by atoms with Gasteiger partial charge in [-0.15, -0.1) is 0 Å². The third-order valence-electron chi connectivity index (χ3n) is 5.36. The lowest BCUT2D eigenvalue weighted by molar-refractivity contribution is 0.0526. The number of carbonyl (C=O) groups excluding carboxylic acids is 1. The monoisotopic (exact) mass is 519 g/mol. The Morgan fingerprint density at radius 2 is 1.38 bits per heavy atom. The van der Waals surface area contributed by atoms with Crippen molar-refractivity contribution in [2.75, 3.05) is 22.7 Å². The second-order valence-electron chi connectivity index (χ2n) is 8.16. The molecule has 0 spiro atoms. The minimum Gasteiger partial charge on any atom is -0.462 e. The van der Waals surface area contributed by atoms with Gasteiger partial charge in [-0.3, -0.25) is 0 Å². The lowest BCUT2D eigenvalue weighted by atomic mass is 10.1. The van der Waals surface area contributed by atoms with Crippen molar-refractivity contribution in [2.24, 2.45) is 5.10 Å². The van der Waals surface area contributed by atoms with E-state index < -0.39 is 0 Å². The van der Waals surface area contributed by atoms with Crippen LogP contribution in [0.25, 0.3) is 11.3 Å². The van der Waals surface area contributed by atoms with Crippen LogP contribution in [0.2, 0.25) is 0 Å². The highest BCUT2D eigenvalue weighted by Gasteiger charge is 2.10. The van der Waals surface area contributed by atoms with Crippen molar-refractivity contribution in [3.8, 4) is 11.3 Å². The molecule has 194 valence electrons. The molecule has 10 heteroatoms. The van der Waals surface area contributed by atoms with E-state index in [4.69, 9.17) is 9.15 Å². The summed E-state index contributed by atoms with van der Waals surface area (Å²) >= 11 is 0. The maximum Gasteiger partial charge on any atom is 0.338 e. The van der Waals surface area contributed by atoms with Crippen LogP contribution in [0.3, 0.4) is 0 Å². The van der Waals surface area contributed by atoms with Crippen molar-refractivity contribution in [2.45, 2.75) is 6.92 Å². The second kappa shape index (κ2) is 12.2. The number of hydrazone groups is 1. The zero-order valence-corrected chi connectivity index (χ0v) is 21.0. The molecule has 39 heavy (non-hydrogen) atoms. The first kappa shape index (κ1) is 25.2. The Labute approximate surface area is 224 Å². The van der Waals surface area contributed by atoms with Gasteiger partial charge in [0, 0.05) is 16.9 Å². The highest BCUT2D eigenvalue weighted by Crippen LogP contribution is 2.23. The van der Waals surface area contributed by atoms with E-state index in [1.807, 2.05) is 66.7 Å². The summed E-state index contributed by atoms with van der Waals surface area (Å²) in [6.45, 7) is 2.10. The molecule has 2 aromatic heterocycles. The first-order valence-corrected chi connectivity index (χ1v) is 12.2. The maximum atomic E-state index is 11.9. The van der Waals surface area contributed by atoms with Crippen LogP contribution in [0.4, 0.5) is 29.2 Å². The van der Waals surface area contributed by atoms with Gasteiger partial charge in [-0.2, -0.15) is 20.1 Å². The lowest BCUT2D eigenvalue weighted by Crippen LogP contribution is -2.07. The summed E-state index contributed by atoms with van der Waals surface area (Å²) in [5, 5.41) is 10.6. The maximum absolute atomic E-state index is 11.9. The van der Waals surface area contributed by atoms with Gasteiger partial charge in [0.15, 0.2) is 0 Å². The fraction of sp³-hybridized carbons (Fsp3) is 0.0690. The van der Waals surface area contributed by atoms with Gasteiger partial charge in [0.25, 0.3) is 0 Å². The quantitative estimate of drug-likeness (QED) is 0.112. The average Bonchev–Trinajstić information content (AvgIpc) is 3.43. The van der Waals surface area contributed by atoms with Crippen molar-refractivity contribution in [1.82, 2.24) is 15.0 Å². The van der Waals surface area contributed by atoms with Gasteiger partial charge in [0.2, 0.25) is 17.8 Å². The van der Waals surface area contributed by atoms with Crippen molar-refractivity contribution >= 4 is 41.4 Å². The molecule has 3 aromatic carbocycles. The van der Waals surface area contributed by atoms with Gasteiger partial charge in [0.1, 0.15) is 11.5 Å². The van der Waals surface area contributed by atoms with E-state index in [-0.39, 0.29) is 11.9 Å². The van der Waals surface area contributed by atoms with Crippen molar-refractivity contribution in [3.05, 3.63) is 108 Å². The van der Waals surface area contributed by atoms with Gasteiger partial charge >= 0.3 is 5.97 Å². The van der Waals surface area contributed by atoms with E-state index in [2.05, 4.69) is 36.1 Å². The highest BCUT2D eigenvalue weighted by atomic mass is 16.5. The predicted molar refractivity (Wildman–Crippen MR) is 151 cm³/mol. The van der Waals surface area contributed by atoms with Crippen LogP contribution in [0.5, 0.6) is 0 Å². The van der Waals surface area contributed by atoms with E-state index in [1.165, 1.54) is 6.21 Å². The Morgan fingerprint density at radius 3 is 1.97 bits per heavy atom. The molecule has 10 nitrogen and oxygen atoms in total. The molecule has 0 amide bonds. The van der Waals surface area contributed by atoms with E-state index in [9.17, 15) is 4.79 Å². The van der Waals surface area contributed by atoms with Crippen LogP contribution >= 0.6 is 0 Å². The second-order valence-corrected chi connectivity index (χ2v) is 8.16. The number of rotatable bonds is 10. The number of para-hydroxylation sites is 2. The third-order valence-corrected chi connectivity index (χ3v) is 5.36. The number of hydrogen-bond acceptors (Lipinski definition) is 10. The molecule has 5 rings (SSSR count). The molecule has 5 aromatic rings. The number of ether oxygens (including phenoxy) is 1. The molecule has 0 saturated carbocycles. The first-order chi connectivity index (χ1) is 19.2. The fourth-order valence-electron chi connectivity index (χ4n) is 3.55. The Bertz CT molecular complexity index is 1490. The number of carbonyl (C=O) groups is 1. The molecule has 0 aliphatic rings. The molecule has 0 aliphatic carbocycles. The molecule has 0 unspecified atom stereocenters. The molecule has 3 N–H and O–H groups in total. The van der Waals surface area contributed by atoms with E-state index in [0.29, 0.717) is 35.6 Å². The van der Waals surface area contributed by atoms with Gasteiger partial charge in [-0.05, 0) is 55.5 Å². The summed E-state index contributed by atoms with van der Waals surface area (Å²) < 4.78 is 10.9. The van der Waals surface area contributed by atoms with Crippen LogP contribution in [-0.4, -0.2) is 33.7 Å². The Morgan fingerprint density at radius 1 is 0.795 bits per heavy atom. The highest BCUT2D eigenvalue weighted by molar-refractivity contribution is 5.90. The summed E-state index contributed by atoms with van der Waals surface area (Å²) in [5.74, 6) is 1.73. The number of hydrogen-bond donors (Lipinski definition) is 3. The molecule has 0 saturated heterocycles. The molecule has 2 heterocycles. The summed E-state index contributed by atoms with van der Waals surface area (Å²) in [6.07, 6.45) is 1.52. The molecular formula is C29H25N7O3. The number of anilines is 5. The number of benzene rings is 3. The number of nitrogens with one attached hydrogen (secondary N) is 3. The molecule has 0 atom stereocenters. The Balaban J connectivity index is 1.30. The van der Waals surface area contributed by atoms with Crippen molar-refractivity contribution in [3.63, 3.8) is 0 Å². The zero-order valence-electron chi connectivity index (χ0n) is 21.0. The smallest absolute Gasteiger partial charge is 0.338 e. The van der Waals surface area contributed by atoms with E-state index >= 15 is 0 Å². The first-order valence-electron chi connectivity index (χ1n) is 12.2. The number of aromatic nitrogens is 3. The van der Waals surface area contributed by atoms with Crippen LogP contribution < -0.4 is 16.1 Å². The fourth-order valence-corrected chi connectivity index (χ4v) is 3.55. The SMILES string of the molecule is CCOC(=O)c1ccc(-c2ccc(/C=N/Nc3nc(Nc4ccccc4)nc(Nc4ccccc4)n3)o2)cc1. The minimum atomic E-state index is -0.357. The molecule has 0 aliphatic heterocycles. The van der Waals surface area contributed by atoms with Gasteiger partial charge in [-0.1, -0.05) is 48.5 Å². The number of nitrogens with zero attached hydrogens (tertiary/aromatic N) is 4. The lowest BCUT2D eigenvalue weighted by Gasteiger charge is -2.10. The average molecular weight is 520 g/mol. The summed E-state index contributed by atoms with van der Waals surface area (Å²) in [6, 6.07) is 29.8. The summed E-state index contributed by atoms with van der Waals surface area (Å²) in [5.41, 5.74) is 5.82. The number of esters is 1. The van der Waals surface area contributed by atoms with Crippen LogP contribution in [0.1, 0.15) is 23.0 Å². The summed E-state index contributed by atoms with van der Waals surface area (Å²) in [4.78, 5) is 25.2. The Hall–Kier alpha value is -5.51. The summed E-state index contributed by atoms with van der Waals surface area (Å²) in [7, 11) is 0. The van der Waals surface area contributed by atoms with Crippen LogP contribution in [0.15, 0.2) is 107 Å². The molecular weight excluding hydrogens is 494 g/mol. The van der Waals surface area contributed by atoms with Crippen molar-refractivity contribution < 1.29 is 13.9 Å². The number of furan rings is 1. The minimum absolute atomic E-state index is 0.236.